The largest absolute Gasteiger partial charge is 0.381 e. The highest BCUT2D eigenvalue weighted by atomic mass is 19.1. The molecule has 0 saturated carbocycles. The first kappa shape index (κ1) is 25.3. The fourth-order valence-electron chi connectivity index (χ4n) is 5.17. The minimum Gasteiger partial charge on any atom is -0.381 e. The Morgan fingerprint density at radius 1 is 0.943 bits per heavy atom. The summed E-state index contributed by atoms with van der Waals surface area (Å²) in [6, 6.07) is 14.5. The number of hydrogen-bond acceptors (Lipinski definition) is 4. The Morgan fingerprint density at radius 3 is 2.34 bits per heavy atom. The molecule has 2 aliphatic heterocycles. The van der Waals surface area contributed by atoms with Crippen LogP contribution in [0.25, 0.3) is 0 Å². The Balaban J connectivity index is 1.58. The Kier molecular flexibility index (Phi) is 8.88. The summed E-state index contributed by atoms with van der Waals surface area (Å²) in [5.41, 5.74) is 2.64. The van der Waals surface area contributed by atoms with E-state index in [9.17, 15) is 14.0 Å². The summed E-state index contributed by atoms with van der Waals surface area (Å²) in [4.78, 5) is 32.3. The van der Waals surface area contributed by atoms with E-state index >= 15 is 0 Å². The third-order valence-electron chi connectivity index (χ3n) is 7.05. The lowest BCUT2D eigenvalue weighted by Crippen LogP contribution is -2.44. The summed E-state index contributed by atoms with van der Waals surface area (Å²) in [5, 5.41) is 0. The number of fused-ring (bicyclic) bond motifs is 1. The number of para-hydroxylation sites is 1. The normalized spacial score (nSPS) is 18.9. The number of rotatable bonds is 3. The van der Waals surface area contributed by atoms with Crippen molar-refractivity contribution in [3.63, 3.8) is 0 Å². The zero-order valence-electron chi connectivity index (χ0n) is 20.6. The number of carbonyl (C=O) groups excluding carboxylic acids is 2. The first-order chi connectivity index (χ1) is 17.0. The van der Waals surface area contributed by atoms with Gasteiger partial charge in [0.2, 0.25) is 11.8 Å². The van der Waals surface area contributed by atoms with E-state index in [1.165, 1.54) is 12.1 Å². The zero-order valence-corrected chi connectivity index (χ0v) is 20.6. The van der Waals surface area contributed by atoms with Gasteiger partial charge in [0, 0.05) is 64.6 Å². The highest BCUT2D eigenvalue weighted by Crippen LogP contribution is 2.25. The van der Waals surface area contributed by atoms with Crippen LogP contribution < -0.4 is 4.90 Å². The number of halogens is 1. The van der Waals surface area contributed by atoms with Gasteiger partial charge in [-0.25, -0.2) is 4.39 Å². The molecule has 2 aromatic rings. The number of nitrogens with zero attached hydrogens (tertiary/aromatic N) is 3. The van der Waals surface area contributed by atoms with Gasteiger partial charge >= 0.3 is 0 Å². The van der Waals surface area contributed by atoms with Gasteiger partial charge in [-0.15, -0.1) is 0 Å². The van der Waals surface area contributed by atoms with E-state index in [0.717, 1.165) is 68.8 Å². The lowest BCUT2D eigenvalue weighted by Gasteiger charge is -2.36. The van der Waals surface area contributed by atoms with Crippen LogP contribution in [0.3, 0.4) is 0 Å². The van der Waals surface area contributed by atoms with Crippen LogP contribution in [0.2, 0.25) is 0 Å². The summed E-state index contributed by atoms with van der Waals surface area (Å²) < 4.78 is 18.9. The van der Waals surface area contributed by atoms with Crippen molar-refractivity contribution in [2.24, 2.45) is 0 Å². The Morgan fingerprint density at radius 2 is 1.63 bits per heavy atom. The molecule has 0 unspecified atom stereocenters. The molecule has 1 fully saturated rings. The zero-order chi connectivity index (χ0) is 24.6. The number of ether oxygens (including phenoxy) is 1. The number of amides is 2. The lowest BCUT2D eigenvalue weighted by atomic mass is 10.1. The van der Waals surface area contributed by atoms with Crippen LogP contribution in [0.5, 0.6) is 0 Å². The average molecular weight is 482 g/mol. The van der Waals surface area contributed by atoms with Crippen molar-refractivity contribution in [2.75, 3.05) is 44.3 Å². The molecule has 0 aromatic heterocycles. The van der Waals surface area contributed by atoms with E-state index in [1.807, 2.05) is 34.1 Å². The molecule has 7 heteroatoms. The predicted octanol–water partition coefficient (Wildman–Crippen LogP) is 4.02. The fraction of sp³-hybridized carbons (Fsp3) is 0.500. The van der Waals surface area contributed by atoms with Crippen LogP contribution in [0, 0.1) is 5.82 Å². The molecule has 2 heterocycles. The molecule has 4 rings (SSSR count). The predicted molar refractivity (Wildman–Crippen MR) is 135 cm³/mol. The van der Waals surface area contributed by atoms with Crippen molar-refractivity contribution < 1.29 is 18.7 Å². The third-order valence-corrected chi connectivity index (χ3v) is 7.05. The minimum absolute atomic E-state index is 0.00969. The van der Waals surface area contributed by atoms with Gasteiger partial charge in [-0.1, -0.05) is 30.3 Å². The minimum atomic E-state index is -0.307. The number of anilines is 1. The van der Waals surface area contributed by atoms with Gasteiger partial charge in [0.1, 0.15) is 5.82 Å². The van der Waals surface area contributed by atoms with Crippen LogP contribution in [0.4, 0.5) is 10.1 Å². The molecule has 188 valence electrons. The molecule has 0 N–H and O–H groups in total. The molecule has 2 aliphatic rings. The molecule has 6 nitrogen and oxygen atoms in total. The molecule has 0 spiro atoms. The van der Waals surface area contributed by atoms with Gasteiger partial charge in [0.05, 0.1) is 6.42 Å². The second kappa shape index (κ2) is 12.3. The van der Waals surface area contributed by atoms with E-state index in [1.54, 1.807) is 19.1 Å². The summed E-state index contributed by atoms with van der Waals surface area (Å²) >= 11 is 0. The Hall–Kier alpha value is -2.77. The Labute approximate surface area is 207 Å². The monoisotopic (exact) mass is 481 g/mol. The summed E-state index contributed by atoms with van der Waals surface area (Å²) in [7, 11) is 0. The van der Waals surface area contributed by atoms with Gasteiger partial charge < -0.3 is 19.4 Å². The topological polar surface area (TPSA) is 53.1 Å². The second-order valence-electron chi connectivity index (χ2n) is 9.50. The summed E-state index contributed by atoms with van der Waals surface area (Å²) in [6.07, 6.45) is 4.05. The van der Waals surface area contributed by atoms with Crippen molar-refractivity contribution in [3.8, 4) is 0 Å². The van der Waals surface area contributed by atoms with E-state index in [0.29, 0.717) is 25.7 Å². The SMILES string of the molecule is CC(=O)N1CCCN(C2CCOCC2)CCCN(C(=O)Cc2ccc(F)cc2)Cc2ccccc21. The standard InChI is InChI=1S/C28H36FN3O3/c1-22(33)32-17-5-15-30(26-12-18-35-19-13-26)14-4-16-31(21-24-6-2-3-7-27(24)32)28(34)20-23-8-10-25(29)11-9-23/h2-3,6-11,26H,4-5,12-21H2,1H3. The first-order valence-corrected chi connectivity index (χ1v) is 12.7. The molecule has 0 bridgehead atoms. The van der Waals surface area contributed by atoms with E-state index in [2.05, 4.69) is 4.90 Å². The molecule has 2 amide bonds. The van der Waals surface area contributed by atoms with Crippen molar-refractivity contribution in [3.05, 3.63) is 65.5 Å². The maximum absolute atomic E-state index is 13.4. The highest BCUT2D eigenvalue weighted by molar-refractivity contribution is 5.92. The highest BCUT2D eigenvalue weighted by Gasteiger charge is 2.25. The molecule has 1 saturated heterocycles. The van der Waals surface area contributed by atoms with Gasteiger partial charge in [-0.05, 0) is 55.0 Å². The Bertz CT molecular complexity index is 991. The molecular formula is C28H36FN3O3. The summed E-state index contributed by atoms with van der Waals surface area (Å²) in [5.74, 6) is -0.286. The number of benzene rings is 2. The van der Waals surface area contributed by atoms with Gasteiger partial charge in [-0.3, -0.25) is 9.59 Å². The first-order valence-electron chi connectivity index (χ1n) is 12.7. The smallest absolute Gasteiger partial charge is 0.227 e. The maximum atomic E-state index is 13.4. The van der Waals surface area contributed by atoms with Crippen LogP contribution >= 0.6 is 0 Å². The number of hydrogen-bond donors (Lipinski definition) is 0. The molecular weight excluding hydrogens is 445 g/mol. The summed E-state index contributed by atoms with van der Waals surface area (Å²) in [6.45, 7) is 6.73. The fourth-order valence-corrected chi connectivity index (χ4v) is 5.17. The van der Waals surface area contributed by atoms with Crippen molar-refractivity contribution in [1.29, 1.82) is 0 Å². The van der Waals surface area contributed by atoms with E-state index < -0.39 is 0 Å². The third kappa shape index (κ3) is 6.89. The van der Waals surface area contributed by atoms with E-state index in [-0.39, 0.29) is 24.1 Å². The molecule has 2 aromatic carbocycles. The quantitative estimate of drug-likeness (QED) is 0.665. The molecule has 0 aliphatic carbocycles. The van der Waals surface area contributed by atoms with Crippen molar-refractivity contribution in [1.82, 2.24) is 9.80 Å². The lowest BCUT2D eigenvalue weighted by molar-refractivity contribution is -0.131. The van der Waals surface area contributed by atoms with Crippen LogP contribution in [0.15, 0.2) is 48.5 Å². The molecule has 0 atom stereocenters. The van der Waals surface area contributed by atoms with Crippen molar-refractivity contribution >= 4 is 17.5 Å². The van der Waals surface area contributed by atoms with Crippen LogP contribution in [0.1, 0.15) is 43.7 Å². The van der Waals surface area contributed by atoms with Crippen molar-refractivity contribution in [2.45, 2.75) is 51.6 Å². The number of carbonyl (C=O) groups is 2. The van der Waals surface area contributed by atoms with Gasteiger partial charge in [0.15, 0.2) is 0 Å². The second-order valence-corrected chi connectivity index (χ2v) is 9.50. The maximum Gasteiger partial charge on any atom is 0.227 e. The average Bonchev–Trinajstić information content (AvgIpc) is 2.86. The van der Waals surface area contributed by atoms with Gasteiger partial charge in [-0.2, -0.15) is 0 Å². The molecule has 0 radical (unpaired) electrons. The van der Waals surface area contributed by atoms with Crippen LogP contribution in [-0.2, 0) is 27.3 Å². The van der Waals surface area contributed by atoms with E-state index in [4.69, 9.17) is 4.74 Å². The van der Waals surface area contributed by atoms with Crippen LogP contribution in [-0.4, -0.2) is 67.0 Å². The molecule has 35 heavy (non-hydrogen) atoms. The van der Waals surface area contributed by atoms with Gasteiger partial charge in [0.25, 0.3) is 0 Å².